The number of hydrogen-bond acceptors (Lipinski definition) is 2. The minimum Gasteiger partial charge on any atom is -0.897 e. The SMILES string of the molecule is CCCCCCCCCCCCCCCB([O-])[S-].[Ca+2]. The summed E-state index contributed by atoms with van der Waals surface area (Å²) in [5, 5.41) is 10.6. The van der Waals surface area contributed by atoms with Crippen LogP contribution in [0.25, 0.3) is 0 Å². The largest absolute Gasteiger partial charge is 2.00 e. The Labute approximate surface area is 157 Å². The second-order valence-corrected chi connectivity index (χ2v) is 5.99. The van der Waals surface area contributed by atoms with Gasteiger partial charge in [-0.3, -0.25) is 0 Å². The summed E-state index contributed by atoms with van der Waals surface area (Å²) in [7, 11) is 0. The fraction of sp³-hybridized carbons (Fsp3) is 1.00. The van der Waals surface area contributed by atoms with Gasteiger partial charge in [0.25, 0.3) is 0 Å². The van der Waals surface area contributed by atoms with Crippen LogP contribution in [0.4, 0.5) is 0 Å². The van der Waals surface area contributed by atoms with Crippen molar-refractivity contribution in [2.24, 2.45) is 0 Å². The van der Waals surface area contributed by atoms with E-state index in [9.17, 15) is 5.02 Å². The summed E-state index contributed by atoms with van der Waals surface area (Å²) < 4.78 is 0. The Bertz CT molecular complexity index is 159. The summed E-state index contributed by atoms with van der Waals surface area (Å²) >= 11 is 4.61. The van der Waals surface area contributed by atoms with Crippen molar-refractivity contribution in [2.75, 3.05) is 0 Å². The Hall–Kier alpha value is 1.63. The van der Waals surface area contributed by atoms with Crippen LogP contribution in [0.1, 0.15) is 90.4 Å². The van der Waals surface area contributed by atoms with Gasteiger partial charge in [0.1, 0.15) is 0 Å². The molecule has 0 aromatic rings. The van der Waals surface area contributed by atoms with E-state index in [1.807, 2.05) is 0 Å². The fourth-order valence-electron chi connectivity index (χ4n) is 2.33. The molecule has 0 aliphatic heterocycles. The predicted molar refractivity (Wildman–Crippen MR) is 89.4 cm³/mol. The molecule has 0 radical (unpaired) electrons. The van der Waals surface area contributed by atoms with Gasteiger partial charge in [0.15, 0.2) is 0 Å². The van der Waals surface area contributed by atoms with Crippen LogP contribution >= 0.6 is 0 Å². The first-order valence-electron chi connectivity index (χ1n) is 8.09. The van der Waals surface area contributed by atoms with Crippen molar-refractivity contribution in [1.82, 2.24) is 0 Å². The molecule has 0 saturated carbocycles. The van der Waals surface area contributed by atoms with Gasteiger partial charge in [0.2, 0.25) is 0 Å². The van der Waals surface area contributed by atoms with E-state index in [0.29, 0.717) is 6.32 Å². The van der Waals surface area contributed by atoms with E-state index in [1.165, 1.54) is 77.0 Å². The van der Waals surface area contributed by atoms with Gasteiger partial charge in [-0.15, -0.1) is 6.32 Å². The standard InChI is InChI=1S/C15H31BOS.Ca/c1-2-3-4-5-6-7-8-9-10-11-12-13-14-15-16(17)18;/h2-15H2,1H3;/q-2;+2. The van der Waals surface area contributed by atoms with Crippen molar-refractivity contribution in [3.05, 3.63) is 0 Å². The van der Waals surface area contributed by atoms with E-state index >= 15 is 0 Å². The topological polar surface area (TPSA) is 23.1 Å². The van der Waals surface area contributed by atoms with Crippen LogP contribution in [0.3, 0.4) is 0 Å². The van der Waals surface area contributed by atoms with Crippen LogP contribution in [0.2, 0.25) is 6.32 Å². The van der Waals surface area contributed by atoms with Crippen LogP contribution < -0.4 is 5.02 Å². The second kappa shape index (κ2) is 19.6. The zero-order chi connectivity index (χ0) is 13.5. The molecule has 0 aromatic carbocycles. The summed E-state index contributed by atoms with van der Waals surface area (Å²) in [6.07, 6.45) is 17.5. The quantitative estimate of drug-likeness (QED) is 0.274. The van der Waals surface area contributed by atoms with Gasteiger partial charge in [-0.1, -0.05) is 90.4 Å². The molecule has 0 amide bonds. The Morgan fingerprint density at radius 3 is 1.32 bits per heavy atom. The van der Waals surface area contributed by atoms with Crippen LogP contribution in [0.15, 0.2) is 0 Å². The van der Waals surface area contributed by atoms with E-state index < -0.39 is 6.19 Å². The first-order chi connectivity index (χ1) is 8.77. The molecule has 0 bridgehead atoms. The third kappa shape index (κ3) is 22.1. The zero-order valence-corrected chi connectivity index (χ0v) is 16.0. The molecule has 0 fully saturated rings. The molecule has 1 nitrogen and oxygen atoms in total. The summed E-state index contributed by atoms with van der Waals surface area (Å²) in [6, 6.07) is 0. The fourth-order valence-corrected chi connectivity index (χ4v) is 2.50. The van der Waals surface area contributed by atoms with Gasteiger partial charge in [-0.05, 0) is 0 Å². The second-order valence-electron chi connectivity index (χ2n) is 5.46. The van der Waals surface area contributed by atoms with Crippen LogP contribution in [0.5, 0.6) is 0 Å². The molecule has 0 aliphatic rings. The zero-order valence-electron chi connectivity index (χ0n) is 13.0. The molecular weight excluding hydrogens is 279 g/mol. The number of unbranched alkanes of at least 4 members (excludes halogenated alkanes) is 12. The summed E-state index contributed by atoms with van der Waals surface area (Å²) in [5.41, 5.74) is 0. The molecule has 0 N–H and O–H groups in total. The molecule has 0 spiro atoms. The Morgan fingerprint density at radius 2 is 1.00 bits per heavy atom. The molecule has 19 heavy (non-hydrogen) atoms. The number of rotatable bonds is 14. The average Bonchev–Trinajstić information content (AvgIpc) is 2.34. The van der Waals surface area contributed by atoms with E-state index in [1.54, 1.807) is 0 Å². The van der Waals surface area contributed by atoms with Gasteiger partial charge >= 0.3 is 37.7 Å². The molecule has 0 aromatic heterocycles. The maximum Gasteiger partial charge on any atom is 2.00 e. The molecule has 108 valence electrons. The normalized spacial score (nSPS) is 10.3. The number of hydrogen-bond donors (Lipinski definition) is 0. The molecular formula is C15H31BCaOS. The van der Waals surface area contributed by atoms with Crippen LogP contribution in [0, 0.1) is 0 Å². The maximum atomic E-state index is 10.6. The first-order valence-corrected chi connectivity index (χ1v) is 8.56. The summed E-state index contributed by atoms with van der Waals surface area (Å²) in [4.78, 5) is 0. The summed E-state index contributed by atoms with van der Waals surface area (Å²) in [5.74, 6) is 0. The third-order valence-electron chi connectivity index (χ3n) is 3.54. The Morgan fingerprint density at radius 1 is 0.684 bits per heavy atom. The average molecular weight is 310 g/mol. The van der Waals surface area contributed by atoms with E-state index in [2.05, 4.69) is 19.4 Å². The van der Waals surface area contributed by atoms with Gasteiger partial charge in [0, 0.05) is 0 Å². The van der Waals surface area contributed by atoms with Crippen molar-refractivity contribution in [3.8, 4) is 0 Å². The molecule has 0 rings (SSSR count). The van der Waals surface area contributed by atoms with Crippen LogP contribution in [-0.4, -0.2) is 43.9 Å². The van der Waals surface area contributed by atoms with Gasteiger partial charge in [-0.2, -0.15) is 6.19 Å². The third-order valence-corrected chi connectivity index (χ3v) is 3.78. The smallest absolute Gasteiger partial charge is 0.897 e. The monoisotopic (exact) mass is 310 g/mol. The molecule has 4 heteroatoms. The minimum atomic E-state index is -0.766. The first kappa shape index (κ1) is 22.9. The summed E-state index contributed by atoms with van der Waals surface area (Å²) in [6.45, 7) is 2.27. The van der Waals surface area contributed by atoms with E-state index in [-0.39, 0.29) is 37.7 Å². The van der Waals surface area contributed by atoms with E-state index in [0.717, 1.165) is 6.42 Å². The van der Waals surface area contributed by atoms with Gasteiger partial charge in [0.05, 0.1) is 0 Å². The molecule has 0 atom stereocenters. The van der Waals surface area contributed by atoms with Crippen LogP contribution in [-0.2, 0) is 12.5 Å². The van der Waals surface area contributed by atoms with Crippen molar-refractivity contribution in [1.29, 1.82) is 0 Å². The Kier molecular flexibility index (Phi) is 23.7. The minimum absolute atomic E-state index is 0. The van der Waals surface area contributed by atoms with Gasteiger partial charge in [-0.25, -0.2) is 0 Å². The van der Waals surface area contributed by atoms with Gasteiger partial charge < -0.3 is 17.5 Å². The maximum absolute atomic E-state index is 10.6. The van der Waals surface area contributed by atoms with Crippen molar-refractivity contribution < 1.29 is 5.02 Å². The van der Waals surface area contributed by atoms with Crippen molar-refractivity contribution >= 4 is 56.4 Å². The van der Waals surface area contributed by atoms with Crippen molar-refractivity contribution in [2.45, 2.75) is 96.7 Å². The molecule has 0 unspecified atom stereocenters. The molecule has 0 saturated heterocycles. The Balaban J connectivity index is 0. The molecule has 0 aliphatic carbocycles. The molecule has 0 heterocycles. The predicted octanol–water partition coefficient (Wildman–Crippen LogP) is 4.09. The van der Waals surface area contributed by atoms with E-state index in [4.69, 9.17) is 0 Å². The van der Waals surface area contributed by atoms with Crippen molar-refractivity contribution in [3.63, 3.8) is 0 Å².